The van der Waals surface area contributed by atoms with Crippen LogP contribution >= 0.6 is 0 Å². The molecule has 0 bridgehead atoms. The van der Waals surface area contributed by atoms with Gasteiger partial charge in [0.25, 0.3) is 5.91 Å². The number of nitrogens with two attached hydrogens (primary N) is 1. The molecule has 0 radical (unpaired) electrons. The molecule has 24 heavy (non-hydrogen) atoms. The summed E-state index contributed by atoms with van der Waals surface area (Å²) in [5.41, 5.74) is 6.50. The van der Waals surface area contributed by atoms with E-state index in [1.165, 1.54) is 0 Å². The Labute approximate surface area is 139 Å². The standard InChI is InChI=1S/C16H20N4O4/c1-10-18-15(20-24-10)11-4-2-5-12(8-11)16(23)19-13(6-3-7-17)9-14(21)22/h2,4-5,8,13H,3,6-7,9,17H2,1H3,(H,19,23)(H,21,22). The van der Waals surface area contributed by atoms with Crippen molar-refractivity contribution in [3.05, 3.63) is 35.7 Å². The first-order valence-corrected chi connectivity index (χ1v) is 7.63. The Morgan fingerprint density at radius 2 is 2.21 bits per heavy atom. The smallest absolute Gasteiger partial charge is 0.305 e. The molecule has 8 heteroatoms. The molecule has 2 rings (SSSR count). The molecule has 128 valence electrons. The van der Waals surface area contributed by atoms with Crippen molar-refractivity contribution in [3.8, 4) is 11.4 Å². The van der Waals surface area contributed by atoms with Crippen molar-refractivity contribution in [2.45, 2.75) is 32.2 Å². The van der Waals surface area contributed by atoms with Crippen molar-refractivity contribution in [1.29, 1.82) is 0 Å². The molecule has 0 spiro atoms. The number of hydrogen-bond acceptors (Lipinski definition) is 6. The van der Waals surface area contributed by atoms with E-state index in [-0.39, 0.29) is 12.3 Å². The van der Waals surface area contributed by atoms with Crippen LogP contribution in [-0.4, -0.2) is 39.7 Å². The van der Waals surface area contributed by atoms with E-state index in [1.807, 2.05) is 0 Å². The Kier molecular flexibility index (Phi) is 6.02. The van der Waals surface area contributed by atoms with E-state index in [0.29, 0.717) is 42.2 Å². The highest BCUT2D eigenvalue weighted by Gasteiger charge is 2.17. The van der Waals surface area contributed by atoms with Crippen LogP contribution in [0.3, 0.4) is 0 Å². The number of hydrogen-bond donors (Lipinski definition) is 3. The summed E-state index contributed by atoms with van der Waals surface area (Å²) < 4.78 is 4.93. The summed E-state index contributed by atoms with van der Waals surface area (Å²) >= 11 is 0. The number of aromatic nitrogens is 2. The quantitative estimate of drug-likeness (QED) is 0.665. The normalized spacial score (nSPS) is 11.9. The Bertz CT molecular complexity index is 714. The fraction of sp³-hybridized carbons (Fsp3) is 0.375. The first-order chi connectivity index (χ1) is 11.5. The average molecular weight is 332 g/mol. The van der Waals surface area contributed by atoms with Crippen molar-refractivity contribution in [3.63, 3.8) is 0 Å². The minimum absolute atomic E-state index is 0.143. The lowest BCUT2D eigenvalue weighted by Crippen LogP contribution is -2.36. The van der Waals surface area contributed by atoms with Crippen LogP contribution in [0.15, 0.2) is 28.8 Å². The first-order valence-electron chi connectivity index (χ1n) is 7.63. The number of rotatable bonds is 8. The van der Waals surface area contributed by atoms with Crippen LogP contribution in [0.4, 0.5) is 0 Å². The Morgan fingerprint density at radius 1 is 1.42 bits per heavy atom. The average Bonchev–Trinajstić information content (AvgIpc) is 2.98. The Morgan fingerprint density at radius 3 is 2.83 bits per heavy atom. The van der Waals surface area contributed by atoms with E-state index < -0.39 is 12.0 Å². The van der Waals surface area contributed by atoms with Crippen LogP contribution < -0.4 is 11.1 Å². The van der Waals surface area contributed by atoms with Crippen molar-refractivity contribution in [2.75, 3.05) is 6.54 Å². The second-order valence-corrected chi connectivity index (χ2v) is 5.42. The molecular formula is C16H20N4O4. The van der Waals surface area contributed by atoms with Crippen LogP contribution in [0, 0.1) is 6.92 Å². The van der Waals surface area contributed by atoms with Gasteiger partial charge in [-0.3, -0.25) is 9.59 Å². The van der Waals surface area contributed by atoms with Crippen LogP contribution in [0.5, 0.6) is 0 Å². The van der Waals surface area contributed by atoms with Gasteiger partial charge in [-0.15, -0.1) is 0 Å². The maximum Gasteiger partial charge on any atom is 0.305 e. The molecule has 0 aliphatic heterocycles. The summed E-state index contributed by atoms with van der Waals surface area (Å²) in [5, 5.41) is 15.5. The molecule has 1 aromatic carbocycles. The van der Waals surface area contributed by atoms with Crippen molar-refractivity contribution in [1.82, 2.24) is 15.5 Å². The fourth-order valence-corrected chi connectivity index (χ4v) is 2.29. The third kappa shape index (κ3) is 4.88. The SMILES string of the molecule is Cc1nc(-c2cccc(C(=O)NC(CCCN)CC(=O)O)c2)no1. The lowest BCUT2D eigenvalue weighted by atomic mass is 10.1. The molecule has 2 aromatic rings. The van der Waals surface area contributed by atoms with E-state index >= 15 is 0 Å². The van der Waals surface area contributed by atoms with E-state index in [9.17, 15) is 9.59 Å². The Hall–Kier alpha value is -2.74. The van der Waals surface area contributed by atoms with Crippen molar-refractivity contribution in [2.24, 2.45) is 5.73 Å². The van der Waals surface area contributed by atoms with Gasteiger partial charge in [0, 0.05) is 24.1 Å². The van der Waals surface area contributed by atoms with E-state index in [1.54, 1.807) is 31.2 Å². The molecular weight excluding hydrogens is 312 g/mol. The topological polar surface area (TPSA) is 131 Å². The molecule has 1 heterocycles. The summed E-state index contributed by atoms with van der Waals surface area (Å²) in [4.78, 5) is 27.4. The van der Waals surface area contributed by atoms with Gasteiger partial charge in [-0.05, 0) is 31.5 Å². The molecule has 0 aliphatic carbocycles. The van der Waals surface area contributed by atoms with Gasteiger partial charge in [0.2, 0.25) is 11.7 Å². The van der Waals surface area contributed by atoms with Gasteiger partial charge >= 0.3 is 5.97 Å². The van der Waals surface area contributed by atoms with Crippen LogP contribution in [0.25, 0.3) is 11.4 Å². The number of aryl methyl sites for hydroxylation is 1. The lowest BCUT2D eigenvalue weighted by molar-refractivity contribution is -0.137. The van der Waals surface area contributed by atoms with E-state index in [0.717, 1.165) is 0 Å². The van der Waals surface area contributed by atoms with Gasteiger partial charge in [-0.1, -0.05) is 17.3 Å². The van der Waals surface area contributed by atoms with Gasteiger partial charge in [0.05, 0.1) is 6.42 Å². The third-order valence-corrected chi connectivity index (χ3v) is 3.42. The molecule has 1 aromatic heterocycles. The van der Waals surface area contributed by atoms with Gasteiger partial charge in [-0.25, -0.2) is 0 Å². The summed E-state index contributed by atoms with van der Waals surface area (Å²) in [6.45, 7) is 2.12. The second kappa shape index (κ2) is 8.21. The molecule has 0 fully saturated rings. The zero-order valence-electron chi connectivity index (χ0n) is 13.4. The minimum Gasteiger partial charge on any atom is -0.481 e. The molecule has 1 atom stereocenters. The zero-order chi connectivity index (χ0) is 17.5. The van der Waals surface area contributed by atoms with E-state index in [4.69, 9.17) is 15.4 Å². The maximum atomic E-state index is 12.4. The zero-order valence-corrected chi connectivity index (χ0v) is 13.4. The molecule has 1 unspecified atom stereocenters. The molecule has 1 amide bonds. The Balaban J connectivity index is 2.11. The monoisotopic (exact) mass is 332 g/mol. The van der Waals surface area contributed by atoms with Crippen LogP contribution in [0.1, 0.15) is 35.5 Å². The highest BCUT2D eigenvalue weighted by Crippen LogP contribution is 2.17. The molecule has 0 aliphatic rings. The fourth-order valence-electron chi connectivity index (χ4n) is 2.29. The van der Waals surface area contributed by atoms with Crippen molar-refractivity contribution >= 4 is 11.9 Å². The lowest BCUT2D eigenvalue weighted by Gasteiger charge is -2.16. The highest BCUT2D eigenvalue weighted by atomic mass is 16.5. The number of carboxylic acid groups (broad SMARTS) is 1. The maximum absolute atomic E-state index is 12.4. The van der Waals surface area contributed by atoms with Crippen LogP contribution in [0.2, 0.25) is 0 Å². The summed E-state index contributed by atoms with van der Waals surface area (Å²) in [5.74, 6) is -0.482. The predicted octanol–water partition coefficient (Wildman–Crippen LogP) is 1.36. The first kappa shape index (κ1) is 17.6. The number of aliphatic carboxylic acids is 1. The highest BCUT2D eigenvalue weighted by molar-refractivity contribution is 5.95. The predicted molar refractivity (Wildman–Crippen MR) is 86.3 cm³/mol. The van der Waals surface area contributed by atoms with Gasteiger partial charge in [0.1, 0.15) is 0 Å². The second-order valence-electron chi connectivity index (χ2n) is 5.42. The summed E-state index contributed by atoms with van der Waals surface area (Å²) in [7, 11) is 0. The molecule has 4 N–H and O–H groups in total. The van der Waals surface area contributed by atoms with Crippen molar-refractivity contribution < 1.29 is 19.2 Å². The summed E-state index contributed by atoms with van der Waals surface area (Å²) in [6, 6.07) is 6.30. The number of amides is 1. The third-order valence-electron chi connectivity index (χ3n) is 3.42. The molecule has 8 nitrogen and oxygen atoms in total. The summed E-state index contributed by atoms with van der Waals surface area (Å²) in [6.07, 6.45) is 1.01. The van der Waals surface area contributed by atoms with Gasteiger partial charge < -0.3 is 20.7 Å². The minimum atomic E-state index is -0.964. The molecule has 0 saturated heterocycles. The van der Waals surface area contributed by atoms with E-state index in [2.05, 4.69) is 15.5 Å². The number of carbonyl (C=O) groups is 2. The number of carboxylic acids is 1. The van der Waals surface area contributed by atoms with Gasteiger partial charge in [0.15, 0.2) is 0 Å². The number of nitrogens with zero attached hydrogens (tertiary/aromatic N) is 2. The largest absolute Gasteiger partial charge is 0.481 e. The number of carbonyl (C=O) groups excluding carboxylic acids is 1. The molecule has 0 saturated carbocycles. The van der Waals surface area contributed by atoms with Gasteiger partial charge in [-0.2, -0.15) is 4.98 Å². The number of benzene rings is 1. The van der Waals surface area contributed by atoms with Crippen LogP contribution in [-0.2, 0) is 4.79 Å². The number of nitrogens with one attached hydrogen (secondary N) is 1.